The molecule has 0 N–H and O–H groups in total. The van der Waals surface area contributed by atoms with E-state index in [2.05, 4.69) is 20.9 Å². The average molecular weight is 462 g/mol. The summed E-state index contributed by atoms with van der Waals surface area (Å²) in [7, 11) is 0. The summed E-state index contributed by atoms with van der Waals surface area (Å²) in [6.45, 7) is 0. The molecular formula is C20H9BrCl2NO3-. The molecule has 4 nitrogen and oxygen atoms in total. The molecule has 27 heavy (non-hydrogen) atoms. The van der Waals surface area contributed by atoms with Gasteiger partial charge in [0.05, 0.1) is 21.5 Å². The van der Waals surface area contributed by atoms with Gasteiger partial charge in [-0.05, 0) is 48.5 Å². The van der Waals surface area contributed by atoms with Gasteiger partial charge in [0.25, 0.3) is 0 Å². The molecule has 2 aromatic heterocycles. The van der Waals surface area contributed by atoms with E-state index in [9.17, 15) is 9.90 Å². The number of fused-ring (bicyclic) bond motifs is 1. The van der Waals surface area contributed by atoms with Gasteiger partial charge in [0.2, 0.25) is 0 Å². The summed E-state index contributed by atoms with van der Waals surface area (Å²) < 4.78 is 6.62. The predicted molar refractivity (Wildman–Crippen MR) is 107 cm³/mol. The van der Waals surface area contributed by atoms with Gasteiger partial charge in [-0.2, -0.15) is 0 Å². The zero-order valence-corrected chi connectivity index (χ0v) is 16.6. The molecule has 2 aromatic carbocycles. The summed E-state index contributed by atoms with van der Waals surface area (Å²) in [5.74, 6) is -0.370. The number of hydrogen-bond acceptors (Lipinski definition) is 4. The van der Waals surface area contributed by atoms with Gasteiger partial charge in [-0.3, -0.25) is 0 Å². The summed E-state index contributed by atoms with van der Waals surface area (Å²) >= 11 is 15.6. The lowest BCUT2D eigenvalue weighted by molar-refractivity contribution is -0.254. The molecule has 0 atom stereocenters. The van der Waals surface area contributed by atoms with E-state index in [4.69, 9.17) is 27.6 Å². The lowest BCUT2D eigenvalue weighted by atomic mass is 10.1. The number of aromatic carboxylic acids is 1. The number of aromatic nitrogens is 1. The SMILES string of the molecule is O=C([O-])c1cc(-c2ccc(-c3cccc(Cl)c3Cl)o2)nc2ccc(Br)cc12. The molecular weight excluding hydrogens is 453 g/mol. The number of pyridine rings is 1. The predicted octanol–water partition coefficient (Wildman–Crippen LogP) is 5.59. The van der Waals surface area contributed by atoms with Crippen LogP contribution in [0, 0.1) is 0 Å². The summed E-state index contributed by atoms with van der Waals surface area (Å²) in [6, 6.07) is 15.3. The molecule has 7 heteroatoms. The van der Waals surface area contributed by atoms with Gasteiger partial charge >= 0.3 is 0 Å². The van der Waals surface area contributed by atoms with E-state index in [1.165, 1.54) is 6.07 Å². The molecule has 4 aromatic rings. The van der Waals surface area contributed by atoms with Crippen molar-refractivity contribution in [2.24, 2.45) is 0 Å². The smallest absolute Gasteiger partial charge is 0.153 e. The van der Waals surface area contributed by atoms with E-state index in [1.807, 2.05) is 0 Å². The molecule has 0 radical (unpaired) electrons. The Labute approximate surface area is 172 Å². The van der Waals surface area contributed by atoms with Gasteiger partial charge in [-0.25, -0.2) is 4.98 Å². The van der Waals surface area contributed by atoms with Crippen molar-refractivity contribution in [3.05, 3.63) is 74.7 Å². The van der Waals surface area contributed by atoms with Crippen LogP contribution in [0.5, 0.6) is 0 Å². The molecule has 0 fully saturated rings. The molecule has 0 aliphatic rings. The van der Waals surface area contributed by atoms with Crippen molar-refractivity contribution in [2.45, 2.75) is 0 Å². The molecule has 0 amide bonds. The van der Waals surface area contributed by atoms with Crippen molar-refractivity contribution in [3.8, 4) is 22.8 Å². The number of hydrogen-bond donors (Lipinski definition) is 0. The van der Waals surface area contributed by atoms with E-state index in [-0.39, 0.29) is 5.56 Å². The molecule has 0 saturated heterocycles. The second-order valence-corrected chi connectivity index (χ2v) is 7.47. The Morgan fingerprint density at radius 1 is 1.04 bits per heavy atom. The van der Waals surface area contributed by atoms with Gasteiger partial charge in [0.1, 0.15) is 11.5 Å². The van der Waals surface area contributed by atoms with Crippen LogP contribution in [0.15, 0.2) is 63.5 Å². The number of carboxylic acids is 1. The van der Waals surface area contributed by atoms with E-state index in [1.54, 1.807) is 48.5 Å². The summed E-state index contributed by atoms with van der Waals surface area (Å²) in [4.78, 5) is 16.1. The van der Waals surface area contributed by atoms with E-state index >= 15 is 0 Å². The Balaban J connectivity index is 1.86. The molecule has 0 bridgehead atoms. The summed E-state index contributed by atoms with van der Waals surface area (Å²) in [5.41, 5.74) is 1.58. The normalized spacial score (nSPS) is 11.1. The minimum Gasteiger partial charge on any atom is -0.545 e. The summed E-state index contributed by atoms with van der Waals surface area (Å²) in [6.07, 6.45) is 0. The minimum absolute atomic E-state index is 0.0371. The Hall–Kier alpha value is -2.34. The quantitative estimate of drug-likeness (QED) is 0.398. The monoisotopic (exact) mass is 460 g/mol. The molecule has 134 valence electrons. The van der Waals surface area contributed by atoms with Crippen LogP contribution in [-0.4, -0.2) is 11.0 Å². The van der Waals surface area contributed by atoms with Crippen LogP contribution in [0.2, 0.25) is 10.0 Å². The van der Waals surface area contributed by atoms with E-state index in [0.717, 1.165) is 4.47 Å². The Morgan fingerprint density at radius 3 is 2.59 bits per heavy atom. The molecule has 0 unspecified atom stereocenters. The fourth-order valence-electron chi connectivity index (χ4n) is 2.81. The molecule has 0 saturated carbocycles. The van der Waals surface area contributed by atoms with E-state index in [0.29, 0.717) is 43.7 Å². The number of carbonyl (C=O) groups excluding carboxylic acids is 1. The molecule has 4 rings (SSSR count). The second-order valence-electron chi connectivity index (χ2n) is 5.77. The highest BCUT2D eigenvalue weighted by molar-refractivity contribution is 9.10. The topological polar surface area (TPSA) is 66.2 Å². The van der Waals surface area contributed by atoms with Crippen LogP contribution >= 0.6 is 39.1 Å². The highest BCUT2D eigenvalue weighted by atomic mass is 79.9. The number of benzene rings is 2. The number of furan rings is 1. The van der Waals surface area contributed by atoms with Crippen LogP contribution in [0.4, 0.5) is 0 Å². The van der Waals surface area contributed by atoms with Gasteiger partial charge in [0, 0.05) is 21.0 Å². The minimum atomic E-state index is -1.29. The zero-order valence-electron chi connectivity index (χ0n) is 13.5. The first-order valence-corrected chi connectivity index (χ1v) is 9.35. The largest absolute Gasteiger partial charge is 0.545 e. The maximum absolute atomic E-state index is 11.6. The van der Waals surface area contributed by atoms with Gasteiger partial charge in [-0.15, -0.1) is 0 Å². The molecule has 0 spiro atoms. The number of carbonyl (C=O) groups is 1. The van der Waals surface area contributed by atoms with Gasteiger partial charge in [0.15, 0.2) is 5.76 Å². The standard InChI is InChI=1S/C20H10BrCl2NO3/c21-10-4-5-15-12(8-10)13(20(25)26)9-16(24-15)18-7-6-17(27-18)11-2-1-3-14(22)19(11)23/h1-9H,(H,25,26)/p-1. The van der Waals surface area contributed by atoms with Crippen LogP contribution in [0.25, 0.3) is 33.7 Å². The van der Waals surface area contributed by atoms with Crippen molar-refractivity contribution < 1.29 is 14.3 Å². The Morgan fingerprint density at radius 2 is 1.81 bits per heavy atom. The Bertz CT molecular complexity index is 1200. The highest BCUT2D eigenvalue weighted by Gasteiger charge is 2.15. The fourth-order valence-corrected chi connectivity index (χ4v) is 3.56. The lowest BCUT2D eigenvalue weighted by Crippen LogP contribution is -2.22. The van der Waals surface area contributed by atoms with Gasteiger partial charge < -0.3 is 14.3 Å². The number of carboxylic acid groups (broad SMARTS) is 1. The first kappa shape index (κ1) is 18.0. The summed E-state index contributed by atoms with van der Waals surface area (Å²) in [5, 5.41) is 12.9. The third-order valence-electron chi connectivity index (χ3n) is 4.07. The highest BCUT2D eigenvalue weighted by Crippen LogP contribution is 2.36. The fraction of sp³-hybridized carbons (Fsp3) is 0. The number of rotatable bonds is 3. The molecule has 2 heterocycles. The van der Waals surface area contributed by atoms with Crippen molar-refractivity contribution in [2.75, 3.05) is 0 Å². The molecule has 0 aliphatic heterocycles. The first-order chi connectivity index (χ1) is 12.9. The van der Waals surface area contributed by atoms with Crippen LogP contribution < -0.4 is 5.11 Å². The van der Waals surface area contributed by atoms with Gasteiger partial charge in [-0.1, -0.05) is 45.2 Å². The number of halogens is 3. The Kier molecular flexibility index (Phi) is 4.68. The number of nitrogens with zero attached hydrogens (tertiary/aromatic N) is 1. The van der Waals surface area contributed by atoms with Crippen molar-refractivity contribution in [3.63, 3.8) is 0 Å². The maximum atomic E-state index is 11.6. The van der Waals surface area contributed by atoms with E-state index < -0.39 is 5.97 Å². The van der Waals surface area contributed by atoms with Crippen molar-refractivity contribution in [1.82, 2.24) is 4.98 Å². The third-order valence-corrected chi connectivity index (χ3v) is 5.38. The molecule has 0 aliphatic carbocycles. The third kappa shape index (κ3) is 3.34. The maximum Gasteiger partial charge on any atom is 0.153 e. The zero-order chi connectivity index (χ0) is 19.1. The van der Waals surface area contributed by atoms with Crippen LogP contribution in [0.1, 0.15) is 10.4 Å². The van der Waals surface area contributed by atoms with Crippen molar-refractivity contribution in [1.29, 1.82) is 0 Å². The van der Waals surface area contributed by atoms with Crippen LogP contribution in [0.3, 0.4) is 0 Å². The second kappa shape index (κ2) is 7.00. The van der Waals surface area contributed by atoms with Crippen molar-refractivity contribution >= 4 is 56.0 Å². The average Bonchev–Trinajstić information content (AvgIpc) is 3.13. The first-order valence-electron chi connectivity index (χ1n) is 7.80. The van der Waals surface area contributed by atoms with Crippen LogP contribution in [-0.2, 0) is 0 Å². The lowest BCUT2D eigenvalue weighted by Gasteiger charge is -2.10.